The molecule has 29 heavy (non-hydrogen) atoms. The van der Waals surface area contributed by atoms with Gasteiger partial charge in [0.1, 0.15) is 0 Å². The van der Waals surface area contributed by atoms with Crippen LogP contribution in [0.2, 0.25) is 0 Å². The van der Waals surface area contributed by atoms with Crippen molar-refractivity contribution in [3.63, 3.8) is 0 Å². The molecule has 2 saturated heterocycles. The number of hydrogen-bond acceptors (Lipinski definition) is 4. The summed E-state index contributed by atoms with van der Waals surface area (Å²) in [6, 6.07) is 11.1. The van der Waals surface area contributed by atoms with Crippen LogP contribution in [-0.2, 0) is 15.9 Å². The van der Waals surface area contributed by atoms with Crippen LogP contribution in [0, 0.1) is 0 Å². The van der Waals surface area contributed by atoms with E-state index in [4.69, 9.17) is 14.5 Å². The first-order valence-electron chi connectivity index (χ1n) is 10.8. The molecular weight excluding hydrogens is 479 g/mol. The Bertz CT molecular complexity index is 581. The van der Waals surface area contributed by atoms with E-state index in [1.165, 1.54) is 12.0 Å². The number of hydrogen-bond donors (Lipinski definition) is 1. The van der Waals surface area contributed by atoms with Crippen molar-refractivity contribution in [3.8, 4) is 0 Å². The van der Waals surface area contributed by atoms with Gasteiger partial charge in [-0.15, -0.1) is 24.0 Å². The first-order valence-corrected chi connectivity index (χ1v) is 10.8. The monoisotopic (exact) mass is 516 g/mol. The molecule has 2 aliphatic heterocycles. The molecule has 3 rings (SSSR count). The summed E-state index contributed by atoms with van der Waals surface area (Å²) < 4.78 is 11.3. The molecule has 0 spiro atoms. The zero-order chi connectivity index (χ0) is 19.4. The minimum atomic E-state index is 0. The Morgan fingerprint density at radius 2 is 1.97 bits per heavy atom. The number of halogens is 1. The number of nitrogens with zero attached hydrogens (tertiary/aromatic N) is 3. The Morgan fingerprint density at radius 3 is 2.72 bits per heavy atom. The molecule has 6 nitrogen and oxygen atoms in total. The molecule has 7 heteroatoms. The Hall–Kier alpha value is -0.900. The van der Waals surface area contributed by atoms with Crippen LogP contribution in [0.15, 0.2) is 35.3 Å². The highest BCUT2D eigenvalue weighted by Gasteiger charge is 2.30. The minimum absolute atomic E-state index is 0. The molecule has 164 valence electrons. The molecule has 0 amide bonds. The van der Waals surface area contributed by atoms with Gasteiger partial charge in [-0.3, -0.25) is 9.89 Å². The first-order chi connectivity index (χ1) is 13.9. The molecule has 1 unspecified atom stereocenters. The number of aliphatic imine (C=N–C) groups is 1. The topological polar surface area (TPSA) is 49.3 Å². The van der Waals surface area contributed by atoms with Gasteiger partial charge < -0.3 is 19.7 Å². The van der Waals surface area contributed by atoms with E-state index < -0.39 is 0 Å². The summed E-state index contributed by atoms with van der Waals surface area (Å²) in [5, 5.41) is 3.46. The predicted octanol–water partition coefficient (Wildman–Crippen LogP) is 2.63. The number of benzene rings is 1. The van der Waals surface area contributed by atoms with Crippen molar-refractivity contribution in [3.05, 3.63) is 35.9 Å². The van der Waals surface area contributed by atoms with Gasteiger partial charge in [-0.25, -0.2) is 0 Å². The maximum absolute atomic E-state index is 5.78. The van der Waals surface area contributed by atoms with Gasteiger partial charge in [-0.1, -0.05) is 30.3 Å². The Balaban J connectivity index is 0.00000300. The number of rotatable bonds is 9. The molecule has 2 fully saturated rings. The van der Waals surface area contributed by atoms with Crippen LogP contribution in [0.5, 0.6) is 0 Å². The molecule has 0 aliphatic carbocycles. The van der Waals surface area contributed by atoms with E-state index in [-0.39, 0.29) is 24.0 Å². The van der Waals surface area contributed by atoms with Crippen LogP contribution in [0.1, 0.15) is 25.3 Å². The van der Waals surface area contributed by atoms with Crippen molar-refractivity contribution in [1.29, 1.82) is 0 Å². The molecular formula is C22H37IN4O2. The second kappa shape index (κ2) is 14.2. The summed E-state index contributed by atoms with van der Waals surface area (Å²) in [6.07, 6.45) is 3.15. The number of ether oxygens (including phenoxy) is 2. The van der Waals surface area contributed by atoms with Gasteiger partial charge in [0.25, 0.3) is 0 Å². The van der Waals surface area contributed by atoms with Crippen molar-refractivity contribution >= 4 is 29.9 Å². The summed E-state index contributed by atoms with van der Waals surface area (Å²) in [4.78, 5) is 9.83. The molecule has 0 bridgehead atoms. The van der Waals surface area contributed by atoms with E-state index >= 15 is 0 Å². The lowest BCUT2D eigenvalue weighted by molar-refractivity contribution is 0.0195. The van der Waals surface area contributed by atoms with Crippen LogP contribution < -0.4 is 5.32 Å². The molecule has 1 aromatic rings. The molecule has 1 atom stereocenters. The predicted molar refractivity (Wildman–Crippen MR) is 129 cm³/mol. The molecule has 0 radical (unpaired) electrons. The quantitative estimate of drug-likeness (QED) is 0.237. The molecule has 2 aliphatic rings. The van der Waals surface area contributed by atoms with Crippen LogP contribution in [0.3, 0.4) is 0 Å². The first kappa shape index (κ1) is 24.4. The Labute approximate surface area is 193 Å². The fraction of sp³-hybridized carbons (Fsp3) is 0.682. The second-order valence-electron chi connectivity index (χ2n) is 7.47. The maximum Gasteiger partial charge on any atom is 0.193 e. The van der Waals surface area contributed by atoms with Gasteiger partial charge in [0.15, 0.2) is 5.96 Å². The third kappa shape index (κ3) is 8.39. The lowest BCUT2D eigenvalue weighted by atomic mass is 10.2. The molecule has 2 heterocycles. The van der Waals surface area contributed by atoms with E-state index in [0.717, 1.165) is 84.5 Å². The summed E-state index contributed by atoms with van der Waals surface area (Å²) in [7, 11) is 0. The van der Waals surface area contributed by atoms with E-state index in [0.29, 0.717) is 6.04 Å². The normalized spacial score (nSPS) is 20.5. The van der Waals surface area contributed by atoms with Crippen molar-refractivity contribution in [2.45, 2.75) is 32.2 Å². The number of nitrogens with one attached hydrogen (secondary N) is 1. The molecule has 1 aromatic carbocycles. The largest absolute Gasteiger partial charge is 0.381 e. The lowest BCUT2D eigenvalue weighted by Crippen LogP contribution is -2.46. The Morgan fingerprint density at radius 1 is 1.17 bits per heavy atom. The van der Waals surface area contributed by atoms with Crippen LogP contribution in [0.4, 0.5) is 0 Å². The summed E-state index contributed by atoms with van der Waals surface area (Å²) >= 11 is 0. The number of likely N-dealkylation sites (tertiary alicyclic amines) is 1. The van der Waals surface area contributed by atoms with Gasteiger partial charge in [0.05, 0.1) is 19.8 Å². The number of morpholine rings is 1. The summed E-state index contributed by atoms with van der Waals surface area (Å²) in [6.45, 7) is 11.4. The van der Waals surface area contributed by atoms with Crippen molar-refractivity contribution in [2.24, 2.45) is 4.99 Å². The third-order valence-electron chi connectivity index (χ3n) is 5.45. The molecule has 0 saturated carbocycles. The van der Waals surface area contributed by atoms with E-state index in [1.807, 2.05) is 6.07 Å². The zero-order valence-electron chi connectivity index (χ0n) is 17.7. The second-order valence-corrected chi connectivity index (χ2v) is 7.47. The highest BCUT2D eigenvalue weighted by molar-refractivity contribution is 14.0. The van der Waals surface area contributed by atoms with Crippen molar-refractivity contribution in [1.82, 2.24) is 15.1 Å². The average Bonchev–Trinajstić information content (AvgIpc) is 3.24. The van der Waals surface area contributed by atoms with Crippen LogP contribution >= 0.6 is 24.0 Å². The SMILES string of the molecule is CCNC(=NCCCOCCc1ccccc1)N1CCC(N2CCOCC2)C1.I. The smallest absolute Gasteiger partial charge is 0.193 e. The van der Waals surface area contributed by atoms with E-state index in [1.54, 1.807) is 0 Å². The lowest BCUT2D eigenvalue weighted by Gasteiger charge is -2.32. The highest BCUT2D eigenvalue weighted by Crippen LogP contribution is 2.17. The number of guanidine groups is 1. The maximum atomic E-state index is 5.78. The van der Waals surface area contributed by atoms with Crippen molar-refractivity contribution < 1.29 is 9.47 Å². The van der Waals surface area contributed by atoms with Gasteiger partial charge in [-0.05, 0) is 31.7 Å². The summed E-state index contributed by atoms with van der Waals surface area (Å²) in [5.74, 6) is 1.06. The highest BCUT2D eigenvalue weighted by atomic mass is 127. The molecule has 1 N–H and O–H groups in total. The van der Waals surface area contributed by atoms with Crippen LogP contribution in [-0.4, -0.2) is 87.5 Å². The summed E-state index contributed by atoms with van der Waals surface area (Å²) in [5.41, 5.74) is 1.33. The Kier molecular flexibility index (Phi) is 11.9. The van der Waals surface area contributed by atoms with Crippen LogP contribution in [0.25, 0.3) is 0 Å². The van der Waals surface area contributed by atoms with Gasteiger partial charge in [0.2, 0.25) is 0 Å². The standard InChI is InChI=1S/C22H36N4O2.HI/c1-2-23-22(26-12-9-21(19-26)25-13-17-28-18-14-25)24-11-6-15-27-16-10-20-7-4-3-5-8-20;/h3-5,7-8,21H,2,6,9-19H2,1H3,(H,23,24);1H. The fourth-order valence-electron chi connectivity index (χ4n) is 3.89. The molecule has 0 aromatic heterocycles. The fourth-order valence-corrected chi connectivity index (χ4v) is 3.89. The average molecular weight is 516 g/mol. The van der Waals surface area contributed by atoms with Gasteiger partial charge >= 0.3 is 0 Å². The minimum Gasteiger partial charge on any atom is -0.381 e. The zero-order valence-corrected chi connectivity index (χ0v) is 20.1. The van der Waals surface area contributed by atoms with Gasteiger partial charge in [0, 0.05) is 51.9 Å². The van der Waals surface area contributed by atoms with E-state index in [9.17, 15) is 0 Å². The van der Waals surface area contributed by atoms with Crippen molar-refractivity contribution in [2.75, 3.05) is 65.7 Å². The van der Waals surface area contributed by atoms with Gasteiger partial charge in [-0.2, -0.15) is 0 Å². The third-order valence-corrected chi connectivity index (χ3v) is 5.45. The van der Waals surface area contributed by atoms with E-state index in [2.05, 4.69) is 46.3 Å².